The largest absolute Gasteiger partial charge is 0.488 e. The molecule has 0 spiro atoms. The zero-order valence-corrected chi connectivity index (χ0v) is 23.4. The molecule has 224 valence electrons. The van der Waals surface area contributed by atoms with Gasteiger partial charge in [0.2, 0.25) is 11.4 Å². The molecule has 2 unspecified atom stereocenters. The zero-order valence-electron chi connectivity index (χ0n) is 22.6. The Labute approximate surface area is 245 Å². The number of carbonyl (C=O) groups excluding carboxylic acids is 1. The molecule has 1 aliphatic carbocycles. The van der Waals surface area contributed by atoms with E-state index in [0.717, 1.165) is 11.5 Å². The highest BCUT2D eigenvalue weighted by molar-refractivity contribution is 7.85. The van der Waals surface area contributed by atoms with Crippen molar-refractivity contribution in [3.63, 3.8) is 0 Å². The first-order chi connectivity index (χ1) is 20.7. The summed E-state index contributed by atoms with van der Waals surface area (Å²) in [6, 6.07) is 11.5. The van der Waals surface area contributed by atoms with Crippen molar-refractivity contribution < 1.29 is 36.0 Å². The third kappa shape index (κ3) is 6.44. The van der Waals surface area contributed by atoms with Crippen LogP contribution in [0.2, 0.25) is 0 Å². The molecule has 1 N–H and O–H groups in total. The number of hydrogen-bond acceptors (Lipinski definition) is 8. The van der Waals surface area contributed by atoms with Crippen LogP contribution in [-0.4, -0.2) is 56.3 Å². The lowest BCUT2D eigenvalue weighted by Gasteiger charge is -2.29. The molecule has 43 heavy (non-hydrogen) atoms. The maximum absolute atomic E-state index is 14.6. The standard InChI is InChI=1S/C26H21F2N5O4S.C3H4F2/c27-19-8-16(9-22-18(19)13-36-14-23(28)38(22)35)26(34)31-12-17-10-20-15(11-30-17)3-4-24(32-20)33-6-7-37-21-2-1-5-29-25(21)33;4-3(5)1-2-3/h1-5,8-11,23H,6-7,12-14H2,(H,31,34);1-2H2. The molecule has 7 rings (SSSR count). The Balaban J connectivity index is 0.000000599. The van der Waals surface area contributed by atoms with Crippen molar-refractivity contribution in [2.75, 3.05) is 24.7 Å². The van der Waals surface area contributed by atoms with E-state index in [4.69, 9.17) is 14.5 Å². The summed E-state index contributed by atoms with van der Waals surface area (Å²) in [6.07, 6.45) is 3.59. The Kier molecular flexibility index (Phi) is 7.97. The fourth-order valence-corrected chi connectivity index (χ4v) is 5.59. The topological polar surface area (TPSA) is 107 Å². The number of pyridine rings is 3. The smallest absolute Gasteiger partial charge is 0.251 e. The third-order valence-corrected chi connectivity index (χ3v) is 8.29. The van der Waals surface area contributed by atoms with E-state index in [9.17, 15) is 26.6 Å². The maximum atomic E-state index is 14.6. The molecular weight excluding hydrogens is 590 g/mol. The van der Waals surface area contributed by atoms with Crippen molar-refractivity contribution in [3.05, 3.63) is 77.5 Å². The number of nitrogens with one attached hydrogen (secondary N) is 1. The van der Waals surface area contributed by atoms with Crippen molar-refractivity contribution in [2.24, 2.45) is 0 Å². The highest BCUT2D eigenvalue weighted by Gasteiger charge is 2.43. The van der Waals surface area contributed by atoms with E-state index in [0.29, 0.717) is 41.7 Å². The molecule has 4 aromatic rings. The molecule has 2 aliphatic heterocycles. The minimum atomic E-state index is -2.25. The van der Waals surface area contributed by atoms with Gasteiger partial charge in [-0.1, -0.05) is 0 Å². The Morgan fingerprint density at radius 3 is 2.77 bits per heavy atom. The van der Waals surface area contributed by atoms with Crippen LogP contribution >= 0.6 is 0 Å². The molecule has 9 nitrogen and oxygen atoms in total. The number of anilines is 2. The van der Waals surface area contributed by atoms with Crippen LogP contribution in [0.25, 0.3) is 10.9 Å². The number of ether oxygens (including phenoxy) is 2. The molecule has 14 heteroatoms. The fraction of sp³-hybridized carbons (Fsp3) is 0.310. The lowest BCUT2D eigenvalue weighted by atomic mass is 10.1. The second-order valence-electron chi connectivity index (χ2n) is 10.1. The van der Waals surface area contributed by atoms with Crippen molar-refractivity contribution in [1.29, 1.82) is 0 Å². The van der Waals surface area contributed by atoms with Crippen LogP contribution in [0, 0.1) is 5.82 Å². The van der Waals surface area contributed by atoms with Crippen molar-refractivity contribution >= 4 is 39.2 Å². The van der Waals surface area contributed by atoms with E-state index < -0.39 is 40.6 Å². The van der Waals surface area contributed by atoms with Crippen LogP contribution in [0.1, 0.15) is 34.5 Å². The highest BCUT2D eigenvalue weighted by atomic mass is 32.2. The molecule has 3 aliphatic rings. The molecule has 1 aromatic carbocycles. The number of benzene rings is 1. The summed E-state index contributed by atoms with van der Waals surface area (Å²) in [5.41, 5.74) is -0.660. The van der Waals surface area contributed by atoms with E-state index in [1.165, 1.54) is 6.07 Å². The minimum absolute atomic E-state index is 0.00352. The summed E-state index contributed by atoms with van der Waals surface area (Å²) in [4.78, 5) is 28.3. The van der Waals surface area contributed by atoms with Gasteiger partial charge >= 0.3 is 0 Å². The van der Waals surface area contributed by atoms with Crippen LogP contribution in [-0.2, 0) is 28.7 Å². The fourth-order valence-electron chi connectivity index (χ4n) is 4.45. The molecule has 1 fully saturated rings. The van der Waals surface area contributed by atoms with Gasteiger partial charge in [-0.15, -0.1) is 0 Å². The number of fused-ring (bicyclic) bond motifs is 3. The number of amides is 1. The SMILES string of the molecule is FC1(F)CC1.O=C(NCc1cc2nc(N3CCOc4cccnc43)ccc2cn1)c1cc(F)c2c(c1)S(=O)C(F)COC2. The van der Waals surface area contributed by atoms with Crippen molar-refractivity contribution in [1.82, 2.24) is 20.3 Å². The molecule has 1 amide bonds. The number of hydrogen-bond donors (Lipinski definition) is 1. The number of nitrogens with zero attached hydrogens (tertiary/aromatic N) is 4. The second-order valence-corrected chi connectivity index (χ2v) is 11.6. The van der Waals surface area contributed by atoms with E-state index >= 15 is 0 Å². The van der Waals surface area contributed by atoms with E-state index in [2.05, 4.69) is 15.3 Å². The van der Waals surface area contributed by atoms with Gasteiger partial charge in [0.05, 0.1) is 53.2 Å². The van der Waals surface area contributed by atoms with Gasteiger partial charge in [-0.2, -0.15) is 0 Å². The third-order valence-electron chi connectivity index (χ3n) is 6.89. The lowest BCUT2D eigenvalue weighted by Crippen LogP contribution is -2.30. The molecule has 2 atom stereocenters. The predicted octanol–water partition coefficient (Wildman–Crippen LogP) is 4.97. The summed E-state index contributed by atoms with van der Waals surface area (Å²) >= 11 is 0. The number of halogens is 4. The van der Waals surface area contributed by atoms with E-state index in [-0.39, 0.29) is 42.0 Å². The summed E-state index contributed by atoms with van der Waals surface area (Å²) in [6.45, 7) is 0.520. The number of aromatic nitrogens is 3. The number of rotatable bonds is 4. The first-order valence-corrected chi connectivity index (χ1v) is 14.6. The first kappa shape index (κ1) is 28.9. The van der Waals surface area contributed by atoms with Gasteiger partial charge in [0.1, 0.15) is 18.2 Å². The van der Waals surface area contributed by atoms with Gasteiger partial charge < -0.3 is 19.7 Å². The first-order valence-electron chi connectivity index (χ1n) is 13.4. The van der Waals surface area contributed by atoms with Crippen LogP contribution < -0.4 is 15.0 Å². The highest BCUT2D eigenvalue weighted by Crippen LogP contribution is 2.40. The molecule has 0 bridgehead atoms. The maximum Gasteiger partial charge on any atom is 0.251 e. The molecule has 3 aromatic heterocycles. The summed E-state index contributed by atoms with van der Waals surface area (Å²) in [5.74, 6) is -1.55. The van der Waals surface area contributed by atoms with Crippen LogP contribution in [0.5, 0.6) is 5.75 Å². The molecule has 5 heterocycles. The number of alkyl halides is 3. The van der Waals surface area contributed by atoms with Crippen LogP contribution in [0.4, 0.5) is 29.2 Å². The minimum Gasteiger partial charge on any atom is -0.488 e. The van der Waals surface area contributed by atoms with Gasteiger partial charge in [-0.3, -0.25) is 14.0 Å². The summed E-state index contributed by atoms with van der Waals surface area (Å²) in [5, 5.41) is 3.51. The monoisotopic (exact) mass is 615 g/mol. The lowest BCUT2D eigenvalue weighted by molar-refractivity contribution is 0.0942. The number of carbonyl (C=O) groups is 1. The average Bonchev–Trinajstić information content (AvgIpc) is 3.75. The van der Waals surface area contributed by atoms with Crippen LogP contribution in [0.3, 0.4) is 0 Å². The average molecular weight is 616 g/mol. The van der Waals surface area contributed by atoms with Gasteiger partial charge in [0.25, 0.3) is 5.91 Å². The van der Waals surface area contributed by atoms with E-state index in [1.54, 1.807) is 18.5 Å². The summed E-state index contributed by atoms with van der Waals surface area (Å²) in [7, 11) is -2.14. The summed E-state index contributed by atoms with van der Waals surface area (Å²) < 4.78 is 74.1. The normalized spacial score (nSPS) is 20.0. The zero-order chi connectivity index (χ0) is 30.1. The van der Waals surface area contributed by atoms with Crippen LogP contribution in [0.15, 0.2) is 59.8 Å². The van der Waals surface area contributed by atoms with Gasteiger partial charge in [-0.25, -0.2) is 27.5 Å². The van der Waals surface area contributed by atoms with Gasteiger partial charge in [-0.05, 0) is 42.5 Å². The van der Waals surface area contributed by atoms with Crippen molar-refractivity contribution in [2.45, 2.75) is 42.3 Å². The molecule has 0 radical (unpaired) electrons. The quantitative estimate of drug-likeness (QED) is 0.321. The van der Waals surface area contributed by atoms with Gasteiger partial charge in [0, 0.05) is 41.7 Å². The Morgan fingerprint density at radius 2 is 1.98 bits per heavy atom. The predicted molar refractivity (Wildman–Crippen MR) is 149 cm³/mol. The van der Waals surface area contributed by atoms with Crippen molar-refractivity contribution in [3.8, 4) is 5.75 Å². The molecule has 1 saturated carbocycles. The van der Waals surface area contributed by atoms with Gasteiger partial charge in [0.15, 0.2) is 11.6 Å². The molecule has 0 saturated heterocycles. The van der Waals surface area contributed by atoms with E-state index in [1.807, 2.05) is 29.2 Å². The molecular formula is C29H25F4N5O4S. The second kappa shape index (κ2) is 11.8. The Morgan fingerprint density at radius 1 is 1.16 bits per heavy atom. The Hall–Kier alpha value is -4.17. The Bertz CT molecular complexity index is 1720.